The number of aliphatic imine (C=N–C) groups is 1. The predicted octanol–water partition coefficient (Wildman–Crippen LogP) is 4.00. The van der Waals surface area contributed by atoms with Crippen molar-refractivity contribution in [2.75, 3.05) is 25.0 Å². The largest absolute Gasteiger partial charge is 0.397 e. The Morgan fingerprint density at radius 3 is 2.64 bits per heavy atom. The molecule has 0 aliphatic carbocycles. The van der Waals surface area contributed by atoms with Crippen LogP contribution in [0.5, 0.6) is 0 Å². The Labute approximate surface area is 202 Å². The lowest BCUT2D eigenvalue weighted by atomic mass is 10.1. The maximum Gasteiger partial charge on any atom is 0.397 e. The van der Waals surface area contributed by atoms with Gasteiger partial charge in [-0.2, -0.15) is 0 Å². The molecule has 33 heavy (non-hydrogen) atoms. The number of hydrogen-bond donors (Lipinski definition) is 0. The highest BCUT2D eigenvalue weighted by Crippen LogP contribution is 2.30. The normalized spacial score (nSPS) is 22.6. The maximum atomic E-state index is 13.6. The molecule has 3 aliphatic rings. The molecule has 2 aromatic carbocycles. The van der Waals surface area contributed by atoms with Gasteiger partial charge in [0.2, 0.25) is 11.9 Å². The minimum atomic E-state index is -0.638. The van der Waals surface area contributed by atoms with Crippen molar-refractivity contribution in [3.8, 4) is 0 Å². The molecule has 9 heteroatoms. The lowest BCUT2D eigenvalue weighted by Crippen LogP contribution is -2.63. The fourth-order valence-electron chi connectivity index (χ4n) is 4.68. The third-order valence-electron chi connectivity index (χ3n) is 6.27. The smallest absolute Gasteiger partial charge is 0.270 e. The molecule has 0 saturated carbocycles. The Balaban J connectivity index is 1.52. The van der Waals surface area contributed by atoms with E-state index in [0.717, 1.165) is 23.4 Å². The van der Waals surface area contributed by atoms with E-state index in [4.69, 9.17) is 28.2 Å². The van der Waals surface area contributed by atoms with Crippen LogP contribution in [0.1, 0.15) is 18.1 Å². The van der Waals surface area contributed by atoms with Crippen molar-refractivity contribution in [2.24, 2.45) is 10.9 Å². The Bertz CT molecular complexity index is 1240. The Kier molecular flexibility index (Phi) is 5.41. The van der Waals surface area contributed by atoms with Gasteiger partial charge in [0.05, 0.1) is 29.7 Å². The van der Waals surface area contributed by atoms with Crippen LogP contribution in [-0.4, -0.2) is 64.3 Å². The summed E-state index contributed by atoms with van der Waals surface area (Å²) >= 11 is 12.2. The number of fused-ring (bicyclic) bond motifs is 2. The van der Waals surface area contributed by atoms with E-state index in [0.29, 0.717) is 34.3 Å². The zero-order valence-electron chi connectivity index (χ0n) is 18.6. The summed E-state index contributed by atoms with van der Waals surface area (Å²) in [7, 11) is 1.67. The lowest BCUT2D eigenvalue weighted by molar-refractivity contribution is -0.545. The first-order valence-electron chi connectivity index (χ1n) is 10.8. The second kappa shape index (κ2) is 8.15. The van der Waals surface area contributed by atoms with Crippen molar-refractivity contribution >= 4 is 52.6 Å². The van der Waals surface area contributed by atoms with Gasteiger partial charge in [0, 0.05) is 13.0 Å². The molecule has 2 aromatic rings. The summed E-state index contributed by atoms with van der Waals surface area (Å²) in [6.45, 7) is 5.80. The number of carbonyl (C=O) groups excluding carboxylic acids is 2. The van der Waals surface area contributed by atoms with Crippen LogP contribution in [0.4, 0.5) is 10.5 Å². The van der Waals surface area contributed by atoms with Crippen LogP contribution >= 0.6 is 23.2 Å². The van der Waals surface area contributed by atoms with Crippen molar-refractivity contribution in [3.05, 3.63) is 63.6 Å². The van der Waals surface area contributed by atoms with Gasteiger partial charge in [-0.1, -0.05) is 53.3 Å². The van der Waals surface area contributed by atoms with Crippen LogP contribution in [-0.2, 0) is 11.3 Å². The number of carbonyl (C=O) groups is 2. The Morgan fingerprint density at radius 2 is 1.91 bits per heavy atom. The molecule has 0 spiro atoms. The van der Waals surface area contributed by atoms with Gasteiger partial charge in [0.25, 0.3) is 5.91 Å². The molecule has 3 amide bonds. The van der Waals surface area contributed by atoms with E-state index in [1.165, 1.54) is 9.80 Å². The number of anilines is 1. The maximum absolute atomic E-state index is 13.6. The van der Waals surface area contributed by atoms with Crippen LogP contribution in [0.15, 0.2) is 47.5 Å². The third-order valence-corrected chi connectivity index (χ3v) is 7.01. The highest BCUT2D eigenvalue weighted by molar-refractivity contribution is 6.42. The lowest BCUT2D eigenvalue weighted by Gasteiger charge is -2.35. The molecule has 5 rings (SSSR count). The van der Waals surface area contributed by atoms with Gasteiger partial charge in [0.15, 0.2) is 0 Å². The van der Waals surface area contributed by atoms with Crippen molar-refractivity contribution in [1.29, 1.82) is 0 Å². The van der Waals surface area contributed by atoms with Gasteiger partial charge in [-0.15, -0.1) is 0 Å². The number of imide groups is 1. The number of nitrogens with zero attached hydrogens (tertiary/aromatic N) is 5. The average Bonchev–Trinajstić information content (AvgIpc) is 3.16. The van der Waals surface area contributed by atoms with Gasteiger partial charge in [-0.25, -0.2) is 14.3 Å². The van der Waals surface area contributed by atoms with E-state index in [9.17, 15) is 9.59 Å². The van der Waals surface area contributed by atoms with Crippen LogP contribution in [0.25, 0.3) is 0 Å². The number of likely N-dealkylation sites (N-methyl/N-ethyl adjacent to an activating group) is 1. The second-order valence-corrected chi connectivity index (χ2v) is 9.71. The molecular weight excluding hydrogens is 461 g/mol. The highest BCUT2D eigenvalue weighted by atomic mass is 35.5. The zero-order valence-corrected chi connectivity index (χ0v) is 20.1. The fourth-order valence-corrected chi connectivity index (χ4v) is 5.00. The summed E-state index contributed by atoms with van der Waals surface area (Å²) in [5.41, 5.74) is 2.91. The summed E-state index contributed by atoms with van der Waals surface area (Å²) < 4.78 is 2.03. The number of amidine groups is 1. The first-order chi connectivity index (χ1) is 15.7. The molecule has 170 valence electrons. The molecule has 0 N–H and O–H groups in total. The molecule has 0 radical (unpaired) electrons. The average molecular weight is 485 g/mol. The number of hydrogen-bond acceptors (Lipinski definition) is 4. The highest BCUT2D eigenvalue weighted by Gasteiger charge is 2.55. The molecule has 0 bridgehead atoms. The van der Waals surface area contributed by atoms with Gasteiger partial charge < -0.3 is 0 Å². The van der Waals surface area contributed by atoms with Crippen molar-refractivity contribution < 1.29 is 14.2 Å². The number of amides is 3. The summed E-state index contributed by atoms with van der Waals surface area (Å²) in [6, 6.07) is 12.3. The van der Waals surface area contributed by atoms with E-state index in [2.05, 4.69) is 30.9 Å². The van der Waals surface area contributed by atoms with E-state index in [1.54, 1.807) is 25.2 Å². The SMILES string of the molecule is Cc1cccc(N2CC(C)C[N+]3=C2N=C2C3C(=O)N(Cc3ccc(Cl)c(Cl)c3)C(=O)N2C)c1. The van der Waals surface area contributed by atoms with Crippen molar-refractivity contribution in [1.82, 2.24) is 9.80 Å². The van der Waals surface area contributed by atoms with Gasteiger partial charge in [-0.3, -0.25) is 14.6 Å². The first kappa shape index (κ1) is 21.9. The summed E-state index contributed by atoms with van der Waals surface area (Å²) in [6.07, 6.45) is 0. The molecule has 1 fully saturated rings. The monoisotopic (exact) mass is 484 g/mol. The van der Waals surface area contributed by atoms with Crippen LogP contribution in [0.2, 0.25) is 10.0 Å². The van der Waals surface area contributed by atoms with Crippen molar-refractivity contribution in [3.63, 3.8) is 0 Å². The Hall–Kier alpha value is -2.90. The molecule has 7 nitrogen and oxygen atoms in total. The topological polar surface area (TPSA) is 59.2 Å². The van der Waals surface area contributed by atoms with Crippen molar-refractivity contribution in [2.45, 2.75) is 26.4 Å². The number of urea groups is 1. The van der Waals surface area contributed by atoms with Crippen LogP contribution < -0.4 is 4.90 Å². The third kappa shape index (κ3) is 3.69. The number of halogens is 2. The first-order valence-corrected chi connectivity index (χ1v) is 11.6. The Morgan fingerprint density at radius 1 is 1.12 bits per heavy atom. The summed E-state index contributed by atoms with van der Waals surface area (Å²) in [4.78, 5) is 36.5. The molecule has 2 unspecified atom stereocenters. The van der Waals surface area contributed by atoms with Crippen LogP contribution in [0.3, 0.4) is 0 Å². The molecule has 0 aromatic heterocycles. The number of guanidine groups is 1. The molecule has 1 saturated heterocycles. The van der Waals surface area contributed by atoms with E-state index in [-0.39, 0.29) is 12.5 Å². The molecular formula is C24H24Cl2N5O2+. The van der Waals surface area contributed by atoms with E-state index in [1.807, 2.05) is 16.7 Å². The van der Waals surface area contributed by atoms with Gasteiger partial charge in [-0.05, 0) is 42.3 Å². The fraction of sp³-hybridized carbons (Fsp3) is 0.333. The molecule has 2 atom stereocenters. The molecule has 3 aliphatic heterocycles. The van der Waals surface area contributed by atoms with Crippen LogP contribution in [0, 0.1) is 12.8 Å². The van der Waals surface area contributed by atoms with E-state index < -0.39 is 12.1 Å². The standard InChI is InChI=1S/C24H24Cl2N5O2/c1-14-5-4-6-17(9-14)29-11-15(2)12-30-20-21(27-23(29)30)28(3)24(33)31(22(20)32)13-16-7-8-18(25)19(26)10-16/h4-10,15,20H,11-13H2,1-3H3/q+1. The minimum absolute atomic E-state index is 0.114. The van der Waals surface area contributed by atoms with Gasteiger partial charge >= 0.3 is 12.0 Å². The molecule has 3 heterocycles. The van der Waals surface area contributed by atoms with Gasteiger partial charge in [0.1, 0.15) is 5.69 Å². The number of rotatable bonds is 3. The van der Waals surface area contributed by atoms with E-state index >= 15 is 0 Å². The summed E-state index contributed by atoms with van der Waals surface area (Å²) in [5, 5.41) is 0.814. The summed E-state index contributed by atoms with van der Waals surface area (Å²) in [5.74, 6) is 1.21. The predicted molar refractivity (Wildman–Crippen MR) is 129 cm³/mol. The zero-order chi connectivity index (χ0) is 23.4. The minimum Gasteiger partial charge on any atom is -0.270 e. The second-order valence-electron chi connectivity index (χ2n) is 8.89. The number of aryl methyl sites for hydroxylation is 1. The quantitative estimate of drug-likeness (QED) is 0.618. The number of benzene rings is 2.